The molecule has 0 saturated heterocycles. The van der Waals surface area contributed by atoms with Gasteiger partial charge in [0, 0.05) is 18.5 Å². The highest BCUT2D eigenvalue weighted by molar-refractivity contribution is 6.44. The lowest BCUT2D eigenvalue weighted by atomic mass is 10.1. The molecule has 0 saturated carbocycles. The van der Waals surface area contributed by atoms with Crippen molar-refractivity contribution in [1.82, 2.24) is 5.43 Å². The summed E-state index contributed by atoms with van der Waals surface area (Å²) >= 11 is 0. The van der Waals surface area contributed by atoms with Crippen LogP contribution in [0.15, 0.2) is 29.4 Å². The maximum absolute atomic E-state index is 12.3. The molecule has 2 amide bonds. The molecule has 1 heterocycles. The Balaban J connectivity index is 2.27. The lowest BCUT2D eigenvalue weighted by molar-refractivity contribution is -0.136. The van der Waals surface area contributed by atoms with Gasteiger partial charge in [-0.15, -0.1) is 0 Å². The Kier molecular flexibility index (Phi) is 4.17. The first-order chi connectivity index (χ1) is 9.97. The number of amides is 2. The number of benzene rings is 1. The lowest BCUT2D eigenvalue weighted by Crippen LogP contribution is -2.42. The molecule has 1 aromatic rings. The quantitative estimate of drug-likeness (QED) is 0.725. The molecular weight excluding hydrogens is 278 g/mol. The molecule has 0 spiro atoms. The number of nitrogens with one attached hydrogen (secondary N) is 1. The predicted molar refractivity (Wildman–Crippen MR) is 72.9 cm³/mol. The number of rotatable bonds is 4. The highest BCUT2D eigenvalue weighted by Gasteiger charge is 2.26. The Labute approximate surface area is 119 Å². The van der Waals surface area contributed by atoms with Gasteiger partial charge in [-0.3, -0.25) is 19.3 Å². The van der Waals surface area contributed by atoms with Crippen molar-refractivity contribution in [3.63, 3.8) is 0 Å². The number of aliphatic carboxylic acids is 1. The SMILES string of the molecule is O=C(O)CN(C(=O)C1=NNC(=O)CC1)c1ccc(O)cc1. The first kappa shape index (κ1) is 14.5. The van der Waals surface area contributed by atoms with Gasteiger partial charge in [0.05, 0.1) is 0 Å². The van der Waals surface area contributed by atoms with Gasteiger partial charge in [-0.1, -0.05) is 0 Å². The van der Waals surface area contributed by atoms with Crippen LogP contribution >= 0.6 is 0 Å². The first-order valence-electron chi connectivity index (χ1n) is 6.15. The molecule has 0 aliphatic carbocycles. The molecule has 0 bridgehead atoms. The highest BCUT2D eigenvalue weighted by atomic mass is 16.4. The fourth-order valence-electron chi connectivity index (χ4n) is 1.83. The second-order valence-electron chi connectivity index (χ2n) is 4.39. The van der Waals surface area contributed by atoms with Gasteiger partial charge in [-0.25, -0.2) is 5.43 Å². The molecule has 0 aromatic heterocycles. The smallest absolute Gasteiger partial charge is 0.323 e. The molecule has 1 aliphatic heterocycles. The van der Waals surface area contributed by atoms with E-state index in [2.05, 4.69) is 10.5 Å². The molecule has 8 heteroatoms. The summed E-state index contributed by atoms with van der Waals surface area (Å²) in [7, 11) is 0. The second kappa shape index (κ2) is 6.04. The maximum atomic E-state index is 12.3. The molecule has 0 atom stereocenters. The number of anilines is 1. The van der Waals surface area contributed by atoms with Crippen LogP contribution < -0.4 is 10.3 Å². The van der Waals surface area contributed by atoms with Gasteiger partial charge < -0.3 is 10.2 Å². The predicted octanol–water partition coefficient (Wildman–Crippen LogP) is 0.0758. The van der Waals surface area contributed by atoms with Gasteiger partial charge in [-0.05, 0) is 24.3 Å². The maximum Gasteiger partial charge on any atom is 0.323 e. The summed E-state index contributed by atoms with van der Waals surface area (Å²) in [6, 6.07) is 5.56. The molecule has 3 N–H and O–H groups in total. The molecule has 1 aliphatic rings. The minimum atomic E-state index is -1.18. The van der Waals surface area contributed by atoms with E-state index >= 15 is 0 Å². The third-order valence-electron chi connectivity index (χ3n) is 2.85. The third-order valence-corrected chi connectivity index (χ3v) is 2.85. The van der Waals surface area contributed by atoms with E-state index in [9.17, 15) is 19.5 Å². The highest BCUT2D eigenvalue weighted by Crippen LogP contribution is 2.19. The molecular formula is C13H13N3O5. The standard InChI is InChI=1S/C13H13N3O5/c17-9-3-1-8(2-4-9)16(7-12(19)20)13(21)10-5-6-11(18)15-14-10/h1-4,17H,5-7H2,(H,15,18)(H,19,20). The Morgan fingerprint density at radius 2 is 1.90 bits per heavy atom. The Morgan fingerprint density at radius 1 is 1.24 bits per heavy atom. The van der Waals surface area contributed by atoms with Crippen LogP contribution in [0.25, 0.3) is 0 Å². The van der Waals surface area contributed by atoms with Crippen molar-refractivity contribution in [3.05, 3.63) is 24.3 Å². The average Bonchev–Trinajstić information content (AvgIpc) is 2.46. The lowest BCUT2D eigenvalue weighted by Gasteiger charge is -2.22. The average molecular weight is 291 g/mol. The summed E-state index contributed by atoms with van der Waals surface area (Å²) in [6.07, 6.45) is 0.278. The van der Waals surface area contributed by atoms with E-state index in [4.69, 9.17) is 5.11 Å². The van der Waals surface area contributed by atoms with E-state index in [0.717, 1.165) is 4.90 Å². The molecule has 0 radical (unpaired) electrons. The van der Waals surface area contributed by atoms with Gasteiger partial charge in [0.25, 0.3) is 5.91 Å². The summed E-state index contributed by atoms with van der Waals surface area (Å²) in [5.41, 5.74) is 2.60. The van der Waals surface area contributed by atoms with Crippen molar-refractivity contribution in [2.75, 3.05) is 11.4 Å². The van der Waals surface area contributed by atoms with Crippen LogP contribution in [0.3, 0.4) is 0 Å². The van der Waals surface area contributed by atoms with Crippen LogP contribution in [-0.4, -0.2) is 40.3 Å². The second-order valence-corrected chi connectivity index (χ2v) is 4.39. The van der Waals surface area contributed by atoms with E-state index in [1.165, 1.54) is 24.3 Å². The van der Waals surface area contributed by atoms with E-state index in [1.54, 1.807) is 0 Å². The van der Waals surface area contributed by atoms with Gasteiger partial charge in [0.1, 0.15) is 18.0 Å². The zero-order valence-electron chi connectivity index (χ0n) is 10.9. The summed E-state index contributed by atoms with van der Waals surface area (Å²) in [5, 5.41) is 21.8. The zero-order chi connectivity index (χ0) is 15.4. The largest absolute Gasteiger partial charge is 0.508 e. The van der Waals surface area contributed by atoms with Gasteiger partial charge in [0.15, 0.2) is 0 Å². The zero-order valence-corrected chi connectivity index (χ0v) is 10.9. The summed E-state index contributed by atoms with van der Waals surface area (Å²) in [6.45, 7) is -0.545. The normalized spacial score (nSPS) is 14.1. The number of aromatic hydroxyl groups is 1. The summed E-state index contributed by atoms with van der Waals surface area (Å²) in [5.74, 6) is -2.07. The number of hydrogen-bond acceptors (Lipinski definition) is 5. The minimum absolute atomic E-state index is 0.00347. The van der Waals surface area contributed by atoms with Crippen molar-refractivity contribution in [2.45, 2.75) is 12.8 Å². The van der Waals surface area contributed by atoms with E-state index in [1.807, 2.05) is 0 Å². The molecule has 2 rings (SSSR count). The molecule has 1 aromatic carbocycles. The number of carbonyl (C=O) groups is 3. The van der Waals surface area contributed by atoms with E-state index < -0.39 is 18.4 Å². The number of phenolic OH excluding ortho intramolecular Hbond substituents is 1. The number of nitrogens with zero attached hydrogens (tertiary/aromatic N) is 2. The van der Waals surface area contributed by atoms with Crippen molar-refractivity contribution < 1.29 is 24.6 Å². The summed E-state index contributed by atoms with van der Waals surface area (Å²) < 4.78 is 0. The van der Waals surface area contributed by atoms with Crippen LogP contribution in [0, 0.1) is 0 Å². The minimum Gasteiger partial charge on any atom is -0.508 e. The van der Waals surface area contributed by atoms with Crippen LogP contribution in [-0.2, 0) is 14.4 Å². The van der Waals surface area contributed by atoms with Crippen LogP contribution in [0.1, 0.15) is 12.8 Å². The van der Waals surface area contributed by atoms with Crippen LogP contribution in [0.5, 0.6) is 5.75 Å². The van der Waals surface area contributed by atoms with Gasteiger partial charge in [0.2, 0.25) is 5.91 Å². The Hall–Kier alpha value is -2.90. The molecule has 0 fully saturated rings. The number of carboxylic acid groups (broad SMARTS) is 1. The number of hydrogen-bond donors (Lipinski definition) is 3. The van der Waals surface area contributed by atoms with Gasteiger partial charge >= 0.3 is 5.97 Å². The van der Waals surface area contributed by atoms with Crippen molar-refractivity contribution in [1.29, 1.82) is 0 Å². The topological polar surface area (TPSA) is 119 Å². The number of phenols is 1. The third kappa shape index (κ3) is 3.56. The van der Waals surface area contributed by atoms with Crippen LogP contribution in [0.4, 0.5) is 5.69 Å². The van der Waals surface area contributed by atoms with Crippen LogP contribution in [0.2, 0.25) is 0 Å². The fourth-order valence-corrected chi connectivity index (χ4v) is 1.83. The monoisotopic (exact) mass is 291 g/mol. The number of hydrazone groups is 1. The Bertz CT molecular complexity index is 609. The van der Waals surface area contributed by atoms with Crippen molar-refractivity contribution >= 4 is 29.2 Å². The van der Waals surface area contributed by atoms with Crippen molar-refractivity contribution in [3.8, 4) is 5.75 Å². The fraction of sp³-hybridized carbons (Fsp3) is 0.231. The summed E-state index contributed by atoms with van der Waals surface area (Å²) in [4.78, 5) is 35.3. The number of carboxylic acids is 1. The molecule has 110 valence electrons. The molecule has 8 nitrogen and oxygen atoms in total. The van der Waals surface area contributed by atoms with E-state index in [0.29, 0.717) is 5.69 Å². The van der Waals surface area contributed by atoms with Crippen molar-refractivity contribution in [2.24, 2.45) is 5.10 Å². The Morgan fingerprint density at radius 3 is 2.43 bits per heavy atom. The van der Waals surface area contributed by atoms with E-state index in [-0.39, 0.29) is 30.2 Å². The molecule has 0 unspecified atom stereocenters. The van der Waals surface area contributed by atoms with Gasteiger partial charge in [-0.2, -0.15) is 5.10 Å². The molecule has 21 heavy (non-hydrogen) atoms. The first-order valence-corrected chi connectivity index (χ1v) is 6.15. The number of carbonyl (C=O) groups excluding carboxylic acids is 2.